The summed E-state index contributed by atoms with van der Waals surface area (Å²) in [6.45, 7) is 6.82. The standard InChI is InChI=1S/C24H26FN5O2/c1-17-15-23(30(27-17)22-9-5-20(25)6-10-22)26-24(32)16-28-11-13-29(14-12-28)21-7-3-19(4-8-21)18(2)31/h3-10,15H,11-14,16H2,1-2H3,(H,26,32). The van der Waals surface area contributed by atoms with Crippen molar-refractivity contribution in [3.8, 4) is 5.69 Å². The maximum absolute atomic E-state index is 13.2. The Morgan fingerprint density at radius 3 is 2.22 bits per heavy atom. The molecule has 1 fully saturated rings. The minimum absolute atomic E-state index is 0.0587. The number of hydrogen-bond acceptors (Lipinski definition) is 5. The van der Waals surface area contributed by atoms with Crippen molar-refractivity contribution in [2.45, 2.75) is 13.8 Å². The Labute approximate surface area is 186 Å². The van der Waals surface area contributed by atoms with E-state index in [1.54, 1.807) is 29.8 Å². The minimum atomic E-state index is -0.322. The Bertz CT molecular complexity index is 1100. The highest BCUT2D eigenvalue weighted by Crippen LogP contribution is 2.19. The van der Waals surface area contributed by atoms with Crippen molar-refractivity contribution in [2.75, 3.05) is 42.9 Å². The lowest BCUT2D eigenvalue weighted by Crippen LogP contribution is -2.48. The predicted molar refractivity (Wildman–Crippen MR) is 122 cm³/mol. The summed E-state index contributed by atoms with van der Waals surface area (Å²) in [5.41, 5.74) is 3.23. The van der Waals surface area contributed by atoms with Crippen molar-refractivity contribution in [3.63, 3.8) is 0 Å². The average Bonchev–Trinajstić information content (AvgIpc) is 3.14. The molecule has 0 bridgehead atoms. The van der Waals surface area contributed by atoms with Gasteiger partial charge in [-0.3, -0.25) is 14.5 Å². The van der Waals surface area contributed by atoms with Gasteiger partial charge in [0.05, 0.1) is 17.9 Å². The highest BCUT2D eigenvalue weighted by molar-refractivity contribution is 5.94. The maximum atomic E-state index is 13.2. The number of aryl methyl sites for hydroxylation is 1. The van der Waals surface area contributed by atoms with Crippen LogP contribution in [0, 0.1) is 12.7 Å². The zero-order valence-corrected chi connectivity index (χ0v) is 18.2. The zero-order valence-electron chi connectivity index (χ0n) is 18.2. The summed E-state index contributed by atoms with van der Waals surface area (Å²) < 4.78 is 14.8. The topological polar surface area (TPSA) is 70.5 Å². The average molecular weight is 436 g/mol. The molecule has 3 aromatic rings. The number of ketones is 1. The van der Waals surface area contributed by atoms with Crippen LogP contribution in [0.15, 0.2) is 54.6 Å². The first-order valence-corrected chi connectivity index (χ1v) is 10.6. The molecule has 8 heteroatoms. The van der Waals surface area contributed by atoms with Crippen molar-refractivity contribution in [3.05, 3.63) is 71.7 Å². The summed E-state index contributed by atoms with van der Waals surface area (Å²) in [6.07, 6.45) is 0. The third-order valence-corrected chi connectivity index (χ3v) is 5.55. The Balaban J connectivity index is 1.33. The van der Waals surface area contributed by atoms with Crippen molar-refractivity contribution >= 4 is 23.2 Å². The molecule has 0 saturated carbocycles. The lowest BCUT2D eigenvalue weighted by Gasteiger charge is -2.35. The SMILES string of the molecule is CC(=O)c1ccc(N2CCN(CC(=O)Nc3cc(C)nn3-c3ccc(F)cc3)CC2)cc1. The number of hydrogen-bond donors (Lipinski definition) is 1. The Kier molecular flexibility index (Phi) is 6.32. The van der Waals surface area contributed by atoms with Crippen LogP contribution < -0.4 is 10.2 Å². The molecule has 0 spiro atoms. The fourth-order valence-corrected chi connectivity index (χ4v) is 3.82. The van der Waals surface area contributed by atoms with E-state index in [9.17, 15) is 14.0 Å². The molecular formula is C24H26FN5O2. The summed E-state index contributed by atoms with van der Waals surface area (Å²) in [7, 11) is 0. The largest absolute Gasteiger partial charge is 0.369 e. The van der Waals surface area contributed by atoms with E-state index in [1.165, 1.54) is 12.1 Å². The quantitative estimate of drug-likeness (QED) is 0.602. The van der Waals surface area contributed by atoms with Crippen LogP contribution in [0.2, 0.25) is 0 Å². The lowest BCUT2D eigenvalue weighted by atomic mass is 10.1. The fraction of sp³-hybridized carbons (Fsp3) is 0.292. The first-order chi connectivity index (χ1) is 15.4. The van der Waals surface area contributed by atoms with E-state index in [0.29, 0.717) is 17.1 Å². The normalized spacial score (nSPS) is 14.4. The van der Waals surface area contributed by atoms with Crippen molar-refractivity contribution in [2.24, 2.45) is 0 Å². The van der Waals surface area contributed by atoms with E-state index in [2.05, 4.69) is 20.2 Å². The molecule has 166 valence electrons. The number of rotatable bonds is 6. The molecule has 0 aliphatic carbocycles. The van der Waals surface area contributed by atoms with Gasteiger partial charge in [-0.2, -0.15) is 5.10 Å². The summed E-state index contributed by atoms with van der Waals surface area (Å²) >= 11 is 0. The van der Waals surface area contributed by atoms with Crippen LogP contribution in [-0.2, 0) is 4.79 Å². The number of amides is 1. The monoisotopic (exact) mass is 435 g/mol. The number of carbonyl (C=O) groups excluding carboxylic acids is 2. The molecule has 1 N–H and O–H groups in total. The van der Waals surface area contributed by atoms with Gasteiger partial charge in [0.2, 0.25) is 5.91 Å². The van der Waals surface area contributed by atoms with E-state index in [4.69, 9.17) is 0 Å². The molecular weight excluding hydrogens is 409 g/mol. The number of nitrogens with zero attached hydrogens (tertiary/aromatic N) is 4. The van der Waals surface area contributed by atoms with Gasteiger partial charge in [-0.25, -0.2) is 9.07 Å². The lowest BCUT2D eigenvalue weighted by molar-refractivity contribution is -0.117. The first-order valence-electron chi connectivity index (χ1n) is 10.6. The molecule has 1 aliphatic rings. The fourth-order valence-electron chi connectivity index (χ4n) is 3.82. The number of anilines is 2. The molecule has 4 rings (SSSR count). The Morgan fingerprint density at radius 2 is 1.59 bits per heavy atom. The second-order valence-corrected chi connectivity index (χ2v) is 7.97. The predicted octanol–water partition coefficient (Wildman–Crippen LogP) is 3.28. The van der Waals surface area contributed by atoms with Crippen LogP contribution in [0.25, 0.3) is 5.69 Å². The zero-order chi connectivity index (χ0) is 22.7. The van der Waals surface area contributed by atoms with Crippen molar-refractivity contribution in [1.82, 2.24) is 14.7 Å². The Morgan fingerprint density at radius 1 is 0.969 bits per heavy atom. The van der Waals surface area contributed by atoms with Gasteiger partial charge >= 0.3 is 0 Å². The molecule has 1 aromatic heterocycles. The Hall–Kier alpha value is -3.52. The summed E-state index contributed by atoms with van der Waals surface area (Å²) in [4.78, 5) is 28.5. The molecule has 1 saturated heterocycles. The van der Waals surface area contributed by atoms with Gasteiger partial charge in [0.15, 0.2) is 5.78 Å². The molecule has 7 nitrogen and oxygen atoms in total. The third kappa shape index (κ3) is 5.03. The van der Waals surface area contributed by atoms with E-state index in [0.717, 1.165) is 37.6 Å². The van der Waals surface area contributed by atoms with Gasteiger partial charge in [-0.15, -0.1) is 0 Å². The van der Waals surface area contributed by atoms with Gasteiger partial charge in [0, 0.05) is 43.5 Å². The molecule has 0 radical (unpaired) electrons. The molecule has 0 unspecified atom stereocenters. The number of nitrogens with one attached hydrogen (secondary N) is 1. The van der Waals surface area contributed by atoms with Gasteiger partial charge in [-0.1, -0.05) is 0 Å². The smallest absolute Gasteiger partial charge is 0.239 e. The van der Waals surface area contributed by atoms with Crippen LogP contribution in [0.1, 0.15) is 23.0 Å². The van der Waals surface area contributed by atoms with Crippen LogP contribution in [0.5, 0.6) is 0 Å². The van der Waals surface area contributed by atoms with Crippen LogP contribution in [0.3, 0.4) is 0 Å². The highest BCUT2D eigenvalue weighted by atomic mass is 19.1. The van der Waals surface area contributed by atoms with E-state index in [-0.39, 0.29) is 24.1 Å². The summed E-state index contributed by atoms with van der Waals surface area (Å²) in [5.74, 6) is 0.177. The first kappa shape index (κ1) is 21.7. The van der Waals surface area contributed by atoms with Gasteiger partial charge in [0.25, 0.3) is 0 Å². The van der Waals surface area contributed by atoms with Gasteiger partial charge in [-0.05, 0) is 62.4 Å². The number of aromatic nitrogens is 2. The van der Waals surface area contributed by atoms with E-state index < -0.39 is 0 Å². The minimum Gasteiger partial charge on any atom is -0.369 e. The summed E-state index contributed by atoms with van der Waals surface area (Å²) in [5, 5.41) is 7.34. The third-order valence-electron chi connectivity index (χ3n) is 5.55. The van der Waals surface area contributed by atoms with Gasteiger partial charge in [0.1, 0.15) is 11.6 Å². The van der Waals surface area contributed by atoms with E-state index >= 15 is 0 Å². The number of piperazine rings is 1. The van der Waals surface area contributed by atoms with Crippen LogP contribution in [0.4, 0.5) is 15.9 Å². The number of halogens is 1. The molecule has 1 aliphatic heterocycles. The van der Waals surface area contributed by atoms with Crippen LogP contribution >= 0.6 is 0 Å². The molecule has 2 heterocycles. The molecule has 1 amide bonds. The number of Topliss-reactive ketones (excluding diaryl/α,β-unsaturated/α-hetero) is 1. The molecule has 0 atom stereocenters. The summed E-state index contributed by atoms with van der Waals surface area (Å²) in [6, 6.07) is 15.4. The molecule has 32 heavy (non-hydrogen) atoms. The second-order valence-electron chi connectivity index (χ2n) is 7.97. The maximum Gasteiger partial charge on any atom is 0.239 e. The highest BCUT2D eigenvalue weighted by Gasteiger charge is 2.20. The van der Waals surface area contributed by atoms with Gasteiger partial charge < -0.3 is 10.2 Å². The number of benzene rings is 2. The van der Waals surface area contributed by atoms with Crippen molar-refractivity contribution in [1.29, 1.82) is 0 Å². The second kappa shape index (κ2) is 9.32. The van der Waals surface area contributed by atoms with Crippen LogP contribution in [-0.4, -0.2) is 59.1 Å². The van der Waals surface area contributed by atoms with Crippen molar-refractivity contribution < 1.29 is 14.0 Å². The van der Waals surface area contributed by atoms with E-state index in [1.807, 2.05) is 31.2 Å². The number of carbonyl (C=O) groups is 2. The molecule has 2 aromatic carbocycles.